The third-order valence-corrected chi connectivity index (χ3v) is 4.59. The van der Waals surface area contributed by atoms with Crippen LogP contribution in [0.2, 0.25) is 0 Å². The van der Waals surface area contributed by atoms with Crippen LogP contribution in [0.5, 0.6) is 0 Å². The molecule has 1 heterocycles. The maximum atomic E-state index is 12.5. The fraction of sp³-hybridized carbons (Fsp3) is 0.160. The number of hydrogen-bond donors (Lipinski definition) is 1. The van der Waals surface area contributed by atoms with Crippen molar-refractivity contribution in [3.05, 3.63) is 82.6 Å². The lowest BCUT2D eigenvalue weighted by Gasteiger charge is -2.08. The van der Waals surface area contributed by atoms with Crippen LogP contribution in [0.4, 0.5) is 5.69 Å². The topological polar surface area (TPSA) is 92.3 Å². The Morgan fingerprint density at radius 2 is 1.84 bits per heavy atom. The van der Waals surface area contributed by atoms with Gasteiger partial charge in [0.05, 0.1) is 12.2 Å². The van der Waals surface area contributed by atoms with E-state index in [-0.39, 0.29) is 11.5 Å². The van der Waals surface area contributed by atoms with Gasteiger partial charge in [0.2, 0.25) is 0 Å². The molecule has 0 atom stereocenters. The summed E-state index contributed by atoms with van der Waals surface area (Å²) in [5, 5.41) is 12.2. The molecule has 31 heavy (non-hydrogen) atoms. The number of hydrogen-bond acceptors (Lipinski definition) is 5. The molecule has 0 aliphatic rings. The van der Waals surface area contributed by atoms with Crippen molar-refractivity contribution in [1.82, 2.24) is 0 Å². The summed E-state index contributed by atoms with van der Waals surface area (Å²) in [5.74, 6) is 0.0299. The quantitative estimate of drug-likeness (QED) is 0.336. The minimum Gasteiger partial charge on any atom is -0.462 e. The molecule has 3 rings (SSSR count). The summed E-state index contributed by atoms with van der Waals surface area (Å²) in [6, 6.07) is 17.8. The van der Waals surface area contributed by atoms with E-state index in [4.69, 9.17) is 9.15 Å². The maximum Gasteiger partial charge on any atom is 0.338 e. The number of aryl methyl sites for hydroxylation is 2. The molecular formula is C25H22N2O4. The highest BCUT2D eigenvalue weighted by molar-refractivity contribution is 6.09. The fourth-order valence-electron chi connectivity index (χ4n) is 3.00. The number of ether oxygens (including phenoxy) is 1. The number of carbonyl (C=O) groups is 2. The molecule has 0 spiro atoms. The Bertz CT molecular complexity index is 1180. The van der Waals surface area contributed by atoms with Crippen LogP contribution >= 0.6 is 0 Å². The predicted octanol–water partition coefficient (Wildman–Crippen LogP) is 5.29. The Morgan fingerprint density at radius 3 is 2.48 bits per heavy atom. The molecule has 6 nitrogen and oxygen atoms in total. The van der Waals surface area contributed by atoms with Crippen molar-refractivity contribution in [2.75, 3.05) is 11.9 Å². The van der Waals surface area contributed by atoms with Gasteiger partial charge in [0.25, 0.3) is 5.91 Å². The molecule has 1 N–H and O–H groups in total. The highest BCUT2D eigenvalue weighted by Crippen LogP contribution is 2.24. The van der Waals surface area contributed by atoms with Crippen molar-refractivity contribution in [1.29, 1.82) is 5.26 Å². The second-order valence-electron chi connectivity index (χ2n) is 6.94. The number of carbonyl (C=O) groups excluding carboxylic acids is 2. The second kappa shape index (κ2) is 9.59. The average Bonchev–Trinajstić information content (AvgIpc) is 3.23. The summed E-state index contributed by atoms with van der Waals surface area (Å²) in [6.07, 6.45) is 1.40. The normalized spacial score (nSPS) is 11.0. The number of esters is 1. The fourth-order valence-corrected chi connectivity index (χ4v) is 3.00. The summed E-state index contributed by atoms with van der Waals surface area (Å²) in [4.78, 5) is 24.3. The summed E-state index contributed by atoms with van der Waals surface area (Å²) in [5.41, 5.74) is 3.79. The molecule has 1 aromatic heterocycles. The Morgan fingerprint density at radius 1 is 1.10 bits per heavy atom. The van der Waals surface area contributed by atoms with E-state index in [1.807, 2.05) is 38.1 Å². The zero-order valence-corrected chi connectivity index (χ0v) is 17.6. The van der Waals surface area contributed by atoms with E-state index in [1.165, 1.54) is 6.08 Å². The Balaban J connectivity index is 1.76. The number of nitrogens with one attached hydrogen (secondary N) is 1. The van der Waals surface area contributed by atoms with E-state index in [2.05, 4.69) is 5.32 Å². The van der Waals surface area contributed by atoms with Gasteiger partial charge in [-0.2, -0.15) is 5.26 Å². The van der Waals surface area contributed by atoms with Gasteiger partial charge in [-0.05, 0) is 56.7 Å². The van der Waals surface area contributed by atoms with E-state index < -0.39 is 5.91 Å². The van der Waals surface area contributed by atoms with Crippen LogP contribution in [0.15, 0.2) is 64.6 Å². The molecule has 2 aromatic carbocycles. The Kier molecular flexibility index (Phi) is 6.68. The molecular weight excluding hydrogens is 392 g/mol. The number of furan rings is 1. The van der Waals surface area contributed by atoms with Crippen molar-refractivity contribution in [3.63, 3.8) is 0 Å². The highest BCUT2D eigenvalue weighted by atomic mass is 16.5. The van der Waals surface area contributed by atoms with Gasteiger partial charge in [-0.15, -0.1) is 0 Å². The number of anilines is 1. The molecule has 0 radical (unpaired) electrons. The zero-order chi connectivity index (χ0) is 22.4. The van der Waals surface area contributed by atoms with Crippen molar-refractivity contribution in [2.24, 2.45) is 0 Å². The molecule has 0 saturated heterocycles. The van der Waals surface area contributed by atoms with Crippen LogP contribution in [-0.4, -0.2) is 18.5 Å². The van der Waals surface area contributed by atoms with E-state index in [1.54, 1.807) is 43.3 Å². The zero-order valence-electron chi connectivity index (χ0n) is 17.6. The summed E-state index contributed by atoms with van der Waals surface area (Å²) in [7, 11) is 0. The average molecular weight is 414 g/mol. The van der Waals surface area contributed by atoms with E-state index >= 15 is 0 Å². The first-order chi connectivity index (χ1) is 14.9. The van der Waals surface area contributed by atoms with Gasteiger partial charge in [-0.25, -0.2) is 4.79 Å². The number of rotatable bonds is 6. The lowest BCUT2D eigenvalue weighted by molar-refractivity contribution is -0.112. The molecule has 0 bridgehead atoms. The molecule has 0 unspecified atom stereocenters. The molecule has 1 amide bonds. The standard InChI is InChI=1S/C25H22N2O4/c1-4-30-25(29)19-8-6-18(7-9-19)23-12-10-21(31-23)14-20(15-26)24(28)27-22-11-5-16(2)13-17(22)3/h5-14H,4H2,1-3H3,(H,27,28)/b20-14+. The van der Waals surface area contributed by atoms with Crippen LogP contribution < -0.4 is 5.32 Å². The van der Waals surface area contributed by atoms with Crippen LogP contribution in [0.3, 0.4) is 0 Å². The van der Waals surface area contributed by atoms with Crippen LogP contribution in [0, 0.1) is 25.2 Å². The summed E-state index contributed by atoms with van der Waals surface area (Å²) >= 11 is 0. The maximum absolute atomic E-state index is 12.5. The number of nitriles is 1. The van der Waals surface area contributed by atoms with Crippen LogP contribution in [-0.2, 0) is 9.53 Å². The first-order valence-electron chi connectivity index (χ1n) is 9.79. The minimum absolute atomic E-state index is 0.0708. The smallest absolute Gasteiger partial charge is 0.338 e. The largest absolute Gasteiger partial charge is 0.462 e. The van der Waals surface area contributed by atoms with Gasteiger partial charge in [-0.3, -0.25) is 4.79 Å². The SMILES string of the molecule is CCOC(=O)c1ccc(-c2ccc(/C=C(\C#N)C(=O)Nc3ccc(C)cc3C)o2)cc1. The van der Waals surface area contributed by atoms with Gasteiger partial charge in [0.15, 0.2) is 0 Å². The summed E-state index contributed by atoms with van der Waals surface area (Å²) < 4.78 is 10.7. The number of amides is 1. The minimum atomic E-state index is -0.508. The molecule has 0 aliphatic carbocycles. The highest BCUT2D eigenvalue weighted by Gasteiger charge is 2.13. The van der Waals surface area contributed by atoms with Crippen molar-refractivity contribution >= 4 is 23.6 Å². The first kappa shape index (κ1) is 21.6. The van der Waals surface area contributed by atoms with E-state index in [0.717, 1.165) is 16.7 Å². The molecule has 0 aliphatic heterocycles. The number of nitrogens with zero attached hydrogens (tertiary/aromatic N) is 1. The van der Waals surface area contributed by atoms with Crippen LogP contribution in [0.25, 0.3) is 17.4 Å². The van der Waals surface area contributed by atoms with Gasteiger partial charge in [0.1, 0.15) is 23.2 Å². The van der Waals surface area contributed by atoms with E-state index in [9.17, 15) is 14.9 Å². The van der Waals surface area contributed by atoms with Gasteiger partial charge in [-0.1, -0.05) is 29.8 Å². The van der Waals surface area contributed by atoms with Gasteiger partial charge in [0, 0.05) is 17.3 Å². The first-order valence-corrected chi connectivity index (χ1v) is 9.79. The molecule has 0 saturated carbocycles. The Hall–Kier alpha value is -4.11. The van der Waals surface area contributed by atoms with E-state index in [0.29, 0.717) is 29.4 Å². The van der Waals surface area contributed by atoms with Crippen LogP contribution in [0.1, 0.15) is 34.2 Å². The molecule has 6 heteroatoms. The lowest BCUT2D eigenvalue weighted by atomic mass is 10.1. The molecule has 3 aromatic rings. The monoisotopic (exact) mass is 414 g/mol. The van der Waals surface area contributed by atoms with Crippen molar-refractivity contribution in [2.45, 2.75) is 20.8 Å². The Labute approximate surface area is 180 Å². The third kappa shape index (κ3) is 5.28. The second-order valence-corrected chi connectivity index (χ2v) is 6.94. The molecule has 0 fully saturated rings. The van der Waals surface area contributed by atoms with Gasteiger partial charge >= 0.3 is 5.97 Å². The van der Waals surface area contributed by atoms with Gasteiger partial charge < -0.3 is 14.5 Å². The number of benzene rings is 2. The van der Waals surface area contributed by atoms with Crippen molar-refractivity contribution in [3.8, 4) is 17.4 Å². The predicted molar refractivity (Wildman–Crippen MR) is 118 cm³/mol. The lowest BCUT2D eigenvalue weighted by Crippen LogP contribution is -2.14. The third-order valence-electron chi connectivity index (χ3n) is 4.59. The molecule has 156 valence electrons. The summed E-state index contributed by atoms with van der Waals surface area (Å²) in [6.45, 7) is 5.93. The van der Waals surface area contributed by atoms with Crippen molar-refractivity contribution < 1.29 is 18.7 Å².